The summed E-state index contributed by atoms with van der Waals surface area (Å²) in [6.45, 7) is 8.86. The molecule has 110 valence electrons. The van der Waals surface area contributed by atoms with Gasteiger partial charge >= 0.3 is 0 Å². The lowest BCUT2D eigenvalue weighted by molar-refractivity contribution is 0.370. The molecule has 1 aromatic heterocycles. The van der Waals surface area contributed by atoms with Gasteiger partial charge in [-0.25, -0.2) is 13.4 Å². The molecule has 0 amide bonds. The smallest absolute Gasteiger partial charge is 0.262 e. The number of halogens is 1. The van der Waals surface area contributed by atoms with Gasteiger partial charge in [0.25, 0.3) is 10.0 Å². The molecule has 0 saturated heterocycles. The van der Waals surface area contributed by atoms with Gasteiger partial charge in [-0.1, -0.05) is 22.9 Å². The number of nitrogens with zero attached hydrogens (tertiary/aromatic N) is 3. The van der Waals surface area contributed by atoms with Gasteiger partial charge in [-0.05, 0) is 27.2 Å². The number of hydrogen-bond acceptors (Lipinski definition) is 3. The molecule has 0 aliphatic heterocycles. The van der Waals surface area contributed by atoms with Gasteiger partial charge in [0.15, 0.2) is 5.03 Å². The maximum Gasteiger partial charge on any atom is 0.262 e. The summed E-state index contributed by atoms with van der Waals surface area (Å²) >= 11 is 3.30. The van der Waals surface area contributed by atoms with Gasteiger partial charge in [-0.15, -0.1) is 0 Å². The normalized spacial score (nSPS) is 12.6. The number of imidazole rings is 1. The van der Waals surface area contributed by atoms with Crippen molar-refractivity contribution in [3.8, 4) is 0 Å². The van der Waals surface area contributed by atoms with Crippen molar-refractivity contribution in [1.29, 1.82) is 0 Å². The maximum atomic E-state index is 12.6. The Balaban J connectivity index is 3.14. The molecule has 0 atom stereocenters. The van der Waals surface area contributed by atoms with E-state index in [1.54, 1.807) is 6.20 Å². The summed E-state index contributed by atoms with van der Waals surface area (Å²) in [5.74, 6) is 0.739. The van der Waals surface area contributed by atoms with E-state index in [1.807, 2.05) is 25.3 Å². The highest BCUT2D eigenvalue weighted by Gasteiger charge is 2.29. The molecule has 0 bridgehead atoms. The Labute approximate surface area is 124 Å². The molecule has 0 saturated carbocycles. The Hall–Kier alpha value is -0.400. The predicted molar refractivity (Wildman–Crippen MR) is 80.1 cm³/mol. The first-order chi connectivity index (χ1) is 8.84. The minimum Gasteiger partial charge on any atom is -0.334 e. The summed E-state index contributed by atoms with van der Waals surface area (Å²) < 4.78 is 28.5. The first-order valence-corrected chi connectivity index (χ1v) is 9.02. The number of rotatable bonds is 7. The van der Waals surface area contributed by atoms with Crippen LogP contribution < -0.4 is 0 Å². The van der Waals surface area contributed by atoms with Crippen molar-refractivity contribution in [3.05, 3.63) is 12.0 Å². The molecule has 5 nitrogen and oxygen atoms in total. The molecule has 0 radical (unpaired) electrons. The van der Waals surface area contributed by atoms with Gasteiger partial charge in [0, 0.05) is 30.7 Å². The molecule has 1 rings (SSSR count). The van der Waals surface area contributed by atoms with Crippen molar-refractivity contribution in [1.82, 2.24) is 13.9 Å². The van der Waals surface area contributed by atoms with Crippen LogP contribution in [0.4, 0.5) is 0 Å². The van der Waals surface area contributed by atoms with Crippen LogP contribution >= 0.6 is 15.9 Å². The van der Waals surface area contributed by atoms with Crippen LogP contribution in [0.2, 0.25) is 0 Å². The van der Waals surface area contributed by atoms with Crippen LogP contribution in [0.1, 0.15) is 33.0 Å². The molecule has 1 aromatic rings. The molecule has 0 spiro atoms. The second-order valence-corrected chi connectivity index (χ2v) is 7.35. The highest BCUT2D eigenvalue weighted by molar-refractivity contribution is 9.09. The number of hydrogen-bond donors (Lipinski definition) is 0. The Morgan fingerprint density at radius 2 is 2.11 bits per heavy atom. The fourth-order valence-corrected chi connectivity index (χ4v) is 4.18. The zero-order valence-corrected chi connectivity index (χ0v) is 14.3. The second-order valence-electron chi connectivity index (χ2n) is 4.72. The van der Waals surface area contributed by atoms with E-state index in [2.05, 4.69) is 27.8 Å². The molecule has 0 aliphatic rings. The van der Waals surface area contributed by atoms with Crippen molar-refractivity contribution >= 4 is 26.0 Å². The third-order valence-electron chi connectivity index (χ3n) is 2.87. The van der Waals surface area contributed by atoms with Crippen molar-refractivity contribution in [2.24, 2.45) is 0 Å². The van der Waals surface area contributed by atoms with Gasteiger partial charge in [-0.3, -0.25) is 0 Å². The largest absolute Gasteiger partial charge is 0.334 e. The average molecular weight is 352 g/mol. The molecule has 0 unspecified atom stereocenters. The summed E-state index contributed by atoms with van der Waals surface area (Å²) in [4.78, 5) is 4.20. The Morgan fingerprint density at radius 3 is 2.58 bits per heavy atom. The van der Waals surface area contributed by atoms with E-state index in [-0.39, 0.29) is 11.1 Å². The van der Waals surface area contributed by atoms with Gasteiger partial charge in [-0.2, -0.15) is 4.31 Å². The van der Waals surface area contributed by atoms with Crippen LogP contribution in [-0.2, 0) is 16.6 Å². The fraction of sp³-hybridized carbons (Fsp3) is 0.750. The zero-order valence-electron chi connectivity index (χ0n) is 11.9. The lowest BCUT2D eigenvalue weighted by atomic mass is 10.4. The third-order valence-corrected chi connectivity index (χ3v) is 5.17. The predicted octanol–water partition coefficient (Wildman–Crippen LogP) is 2.40. The second kappa shape index (κ2) is 6.85. The van der Waals surface area contributed by atoms with Crippen molar-refractivity contribution in [2.45, 2.75) is 51.7 Å². The SMILES string of the molecule is CCCn1cc(S(=O)(=O)N(CCBr)C(C)C)nc1C. The topological polar surface area (TPSA) is 55.2 Å². The van der Waals surface area contributed by atoms with Crippen LogP contribution in [0.25, 0.3) is 0 Å². The van der Waals surface area contributed by atoms with E-state index < -0.39 is 10.0 Å². The van der Waals surface area contributed by atoms with Crippen LogP contribution in [0.5, 0.6) is 0 Å². The van der Waals surface area contributed by atoms with E-state index in [0.29, 0.717) is 11.9 Å². The van der Waals surface area contributed by atoms with E-state index in [1.165, 1.54) is 4.31 Å². The Bertz CT molecular complexity index is 511. The summed E-state index contributed by atoms with van der Waals surface area (Å²) in [5, 5.41) is 0.757. The molecule has 0 aromatic carbocycles. The van der Waals surface area contributed by atoms with Crippen LogP contribution in [0.15, 0.2) is 11.2 Å². The summed E-state index contributed by atoms with van der Waals surface area (Å²) in [6.07, 6.45) is 2.59. The minimum atomic E-state index is -3.51. The van der Waals surface area contributed by atoms with Gasteiger partial charge < -0.3 is 4.57 Å². The molecule has 0 fully saturated rings. The number of alkyl halides is 1. The lowest BCUT2D eigenvalue weighted by Crippen LogP contribution is -2.38. The molecule has 7 heteroatoms. The molecule has 0 N–H and O–H groups in total. The average Bonchev–Trinajstić information content (AvgIpc) is 2.68. The van der Waals surface area contributed by atoms with E-state index in [0.717, 1.165) is 18.8 Å². The molecule has 0 aliphatic carbocycles. The Kier molecular flexibility index (Phi) is 6.01. The first-order valence-electron chi connectivity index (χ1n) is 6.46. The highest BCUT2D eigenvalue weighted by atomic mass is 79.9. The van der Waals surface area contributed by atoms with Gasteiger partial charge in [0.2, 0.25) is 0 Å². The van der Waals surface area contributed by atoms with Gasteiger partial charge in [0.05, 0.1) is 0 Å². The van der Waals surface area contributed by atoms with Gasteiger partial charge in [0.1, 0.15) is 5.82 Å². The quantitative estimate of drug-likeness (QED) is 0.708. The van der Waals surface area contributed by atoms with Crippen molar-refractivity contribution < 1.29 is 8.42 Å². The van der Waals surface area contributed by atoms with Crippen molar-refractivity contribution in [3.63, 3.8) is 0 Å². The van der Waals surface area contributed by atoms with E-state index in [4.69, 9.17) is 0 Å². The van der Waals surface area contributed by atoms with Crippen LogP contribution in [-0.4, -0.2) is 40.2 Å². The number of sulfonamides is 1. The first kappa shape index (κ1) is 16.7. The molecular formula is C12H22BrN3O2S. The van der Waals surface area contributed by atoms with Crippen LogP contribution in [0, 0.1) is 6.92 Å². The standard InChI is InChI=1S/C12H22BrN3O2S/c1-5-7-15-9-12(14-11(15)4)19(17,18)16(8-6-13)10(2)3/h9-10H,5-8H2,1-4H3. The van der Waals surface area contributed by atoms with E-state index >= 15 is 0 Å². The summed E-state index contributed by atoms with van der Waals surface area (Å²) in [5.41, 5.74) is 0. The van der Waals surface area contributed by atoms with Crippen LogP contribution in [0.3, 0.4) is 0 Å². The zero-order chi connectivity index (χ0) is 14.6. The molecule has 19 heavy (non-hydrogen) atoms. The number of aryl methyl sites for hydroxylation is 2. The lowest BCUT2D eigenvalue weighted by Gasteiger charge is -2.23. The minimum absolute atomic E-state index is 0.0841. The molecular weight excluding hydrogens is 330 g/mol. The highest BCUT2D eigenvalue weighted by Crippen LogP contribution is 2.18. The summed E-state index contributed by atoms with van der Waals surface area (Å²) in [6, 6.07) is -0.0841. The fourth-order valence-electron chi connectivity index (χ4n) is 1.93. The maximum absolute atomic E-state index is 12.6. The Morgan fingerprint density at radius 1 is 1.47 bits per heavy atom. The number of aromatic nitrogens is 2. The third kappa shape index (κ3) is 3.79. The summed E-state index contributed by atoms with van der Waals surface area (Å²) in [7, 11) is -3.51. The monoisotopic (exact) mass is 351 g/mol. The van der Waals surface area contributed by atoms with E-state index in [9.17, 15) is 8.42 Å². The molecule has 1 heterocycles. The van der Waals surface area contributed by atoms with Crippen molar-refractivity contribution in [2.75, 3.05) is 11.9 Å².